The van der Waals surface area contributed by atoms with E-state index in [0.717, 1.165) is 16.6 Å². The van der Waals surface area contributed by atoms with E-state index in [4.69, 9.17) is 6.57 Å². The van der Waals surface area contributed by atoms with E-state index >= 15 is 0 Å². The normalized spacial score (nSPS) is 11.0. The lowest BCUT2D eigenvalue weighted by Gasteiger charge is -2.14. The Kier molecular flexibility index (Phi) is 4.07. The molecule has 0 saturated heterocycles. The molecule has 4 aromatic rings. The van der Waals surface area contributed by atoms with Crippen LogP contribution in [-0.2, 0) is 0 Å². The zero-order chi connectivity index (χ0) is 18.1. The molecule has 4 rings (SSSR count). The van der Waals surface area contributed by atoms with Gasteiger partial charge in [0, 0.05) is 17.3 Å². The molecule has 1 aromatic heterocycles. The second-order valence-corrected chi connectivity index (χ2v) is 6.77. The van der Waals surface area contributed by atoms with Crippen molar-refractivity contribution >= 4 is 16.6 Å². The van der Waals surface area contributed by atoms with Crippen molar-refractivity contribution in [2.45, 2.75) is 19.8 Å². The van der Waals surface area contributed by atoms with Crippen molar-refractivity contribution in [1.29, 1.82) is 0 Å². The smallest absolute Gasteiger partial charge is 0.194 e. The third-order valence-corrected chi connectivity index (χ3v) is 4.84. The topological polar surface area (TPSA) is 9.29 Å². The van der Waals surface area contributed by atoms with Gasteiger partial charge in [0.2, 0.25) is 0 Å². The van der Waals surface area contributed by atoms with Crippen molar-refractivity contribution in [2.75, 3.05) is 0 Å². The Hall–Kier alpha value is -3.31. The minimum atomic E-state index is 0.436. The lowest BCUT2D eigenvalue weighted by atomic mass is 10.0. The molecule has 0 aliphatic heterocycles. The van der Waals surface area contributed by atoms with Gasteiger partial charge in [0.15, 0.2) is 5.69 Å². The maximum absolute atomic E-state index is 7.52. The molecule has 0 spiro atoms. The Morgan fingerprint density at radius 3 is 2.31 bits per heavy atom. The second-order valence-electron chi connectivity index (χ2n) is 6.77. The first kappa shape index (κ1) is 16.2. The first-order chi connectivity index (χ1) is 12.7. The maximum atomic E-state index is 7.52. The van der Waals surface area contributed by atoms with Gasteiger partial charge in [-0.15, -0.1) is 0 Å². The third kappa shape index (κ3) is 2.59. The number of hydrogen-bond donors (Lipinski definition) is 0. The molecular weight excluding hydrogens is 316 g/mol. The molecule has 0 aliphatic carbocycles. The van der Waals surface area contributed by atoms with Gasteiger partial charge in [-0.25, -0.2) is 4.85 Å². The molecule has 0 amide bonds. The zero-order valence-electron chi connectivity index (χ0n) is 15.0. The minimum absolute atomic E-state index is 0.436. The second kappa shape index (κ2) is 6.54. The van der Waals surface area contributed by atoms with Gasteiger partial charge < -0.3 is 4.57 Å². The molecule has 0 atom stereocenters. The van der Waals surface area contributed by atoms with Gasteiger partial charge in [-0.2, -0.15) is 0 Å². The summed E-state index contributed by atoms with van der Waals surface area (Å²) < 4.78 is 2.26. The molecule has 0 N–H and O–H groups in total. The molecule has 126 valence electrons. The number of aromatic nitrogens is 1. The predicted octanol–water partition coefficient (Wildman–Crippen LogP) is 6.97. The zero-order valence-corrected chi connectivity index (χ0v) is 15.0. The van der Waals surface area contributed by atoms with E-state index in [1.807, 2.05) is 24.3 Å². The molecule has 0 saturated carbocycles. The standard InChI is InChI=1S/C24H20N2/c1-17(2)18-10-5-8-14-23(18)26-16-21(20-12-6-9-15-24(20)26)19-11-4-7-13-22(19)25-3/h4-17H,1-2H3. The van der Waals surface area contributed by atoms with Gasteiger partial charge in [0.05, 0.1) is 12.1 Å². The molecule has 1 heterocycles. The number of benzene rings is 3. The Labute approximate surface area is 154 Å². The Morgan fingerprint density at radius 2 is 1.50 bits per heavy atom. The lowest BCUT2D eigenvalue weighted by molar-refractivity contribution is 0.851. The summed E-state index contributed by atoms with van der Waals surface area (Å²) in [6, 6.07) is 24.8. The Bertz CT molecular complexity index is 1130. The van der Waals surface area contributed by atoms with Crippen molar-refractivity contribution in [3.8, 4) is 16.8 Å². The third-order valence-electron chi connectivity index (χ3n) is 4.84. The van der Waals surface area contributed by atoms with Crippen LogP contribution < -0.4 is 0 Å². The first-order valence-electron chi connectivity index (χ1n) is 8.87. The largest absolute Gasteiger partial charge is 0.316 e. The number of para-hydroxylation sites is 3. The average molecular weight is 336 g/mol. The molecule has 2 nitrogen and oxygen atoms in total. The van der Waals surface area contributed by atoms with Crippen molar-refractivity contribution in [2.24, 2.45) is 0 Å². The number of fused-ring (bicyclic) bond motifs is 1. The van der Waals surface area contributed by atoms with Crippen molar-refractivity contribution in [1.82, 2.24) is 4.57 Å². The fourth-order valence-electron chi connectivity index (χ4n) is 3.59. The van der Waals surface area contributed by atoms with Crippen LogP contribution in [-0.4, -0.2) is 4.57 Å². The monoisotopic (exact) mass is 336 g/mol. The van der Waals surface area contributed by atoms with Gasteiger partial charge in [-0.05, 0) is 34.7 Å². The molecule has 2 heteroatoms. The van der Waals surface area contributed by atoms with Crippen LogP contribution in [0.25, 0.3) is 32.6 Å². The molecule has 0 fully saturated rings. The number of hydrogen-bond acceptors (Lipinski definition) is 0. The van der Waals surface area contributed by atoms with Gasteiger partial charge >= 0.3 is 0 Å². The van der Waals surface area contributed by atoms with Crippen LogP contribution in [0.15, 0.2) is 79.0 Å². The van der Waals surface area contributed by atoms with Gasteiger partial charge in [-0.3, -0.25) is 0 Å². The summed E-state index contributed by atoms with van der Waals surface area (Å²) in [5.74, 6) is 0.436. The van der Waals surface area contributed by atoms with E-state index in [9.17, 15) is 0 Å². The highest BCUT2D eigenvalue weighted by atomic mass is 15.0. The SMILES string of the molecule is [C-]#[N+]c1ccccc1-c1cn(-c2ccccc2C(C)C)c2ccccc12. The first-order valence-corrected chi connectivity index (χ1v) is 8.87. The molecule has 0 bridgehead atoms. The summed E-state index contributed by atoms with van der Waals surface area (Å²) >= 11 is 0. The van der Waals surface area contributed by atoms with E-state index in [1.54, 1.807) is 0 Å². The molecule has 3 aromatic carbocycles. The van der Waals surface area contributed by atoms with E-state index in [1.165, 1.54) is 16.6 Å². The highest BCUT2D eigenvalue weighted by Crippen LogP contribution is 2.38. The van der Waals surface area contributed by atoms with Crippen molar-refractivity contribution in [3.63, 3.8) is 0 Å². The van der Waals surface area contributed by atoms with E-state index < -0.39 is 0 Å². The molecular formula is C24H20N2. The van der Waals surface area contributed by atoms with Crippen LogP contribution in [0.3, 0.4) is 0 Å². The summed E-state index contributed by atoms with van der Waals surface area (Å²) in [6.07, 6.45) is 2.18. The minimum Gasteiger partial charge on any atom is -0.316 e. The molecule has 0 radical (unpaired) electrons. The molecule has 0 aliphatic rings. The van der Waals surface area contributed by atoms with Gasteiger partial charge in [0.25, 0.3) is 0 Å². The molecule has 26 heavy (non-hydrogen) atoms. The summed E-state index contributed by atoms with van der Waals surface area (Å²) in [5.41, 5.74) is 6.46. The summed E-state index contributed by atoms with van der Waals surface area (Å²) in [4.78, 5) is 3.72. The quantitative estimate of drug-likeness (QED) is 0.357. The van der Waals surface area contributed by atoms with Gasteiger partial charge in [0.1, 0.15) is 0 Å². The fraction of sp³-hybridized carbons (Fsp3) is 0.125. The Balaban J connectivity index is 2.05. The van der Waals surface area contributed by atoms with Crippen LogP contribution in [0.5, 0.6) is 0 Å². The lowest BCUT2D eigenvalue weighted by Crippen LogP contribution is -1.99. The predicted molar refractivity (Wildman–Crippen MR) is 109 cm³/mol. The van der Waals surface area contributed by atoms with Crippen molar-refractivity contribution in [3.05, 3.63) is 96.0 Å². The van der Waals surface area contributed by atoms with Crippen LogP contribution >= 0.6 is 0 Å². The average Bonchev–Trinajstić information content (AvgIpc) is 3.07. The van der Waals surface area contributed by atoms with E-state index in [2.05, 4.69) is 78.0 Å². The highest BCUT2D eigenvalue weighted by Gasteiger charge is 2.16. The Morgan fingerprint density at radius 1 is 0.808 bits per heavy atom. The summed E-state index contributed by atoms with van der Waals surface area (Å²) in [6.45, 7) is 12.0. The summed E-state index contributed by atoms with van der Waals surface area (Å²) in [7, 11) is 0. The summed E-state index contributed by atoms with van der Waals surface area (Å²) in [5, 5.41) is 1.17. The van der Waals surface area contributed by atoms with E-state index in [-0.39, 0.29) is 0 Å². The highest BCUT2D eigenvalue weighted by molar-refractivity contribution is 6.00. The van der Waals surface area contributed by atoms with Crippen LogP contribution in [0.1, 0.15) is 25.3 Å². The van der Waals surface area contributed by atoms with Crippen LogP contribution in [0, 0.1) is 6.57 Å². The maximum Gasteiger partial charge on any atom is 0.194 e. The number of nitrogens with zero attached hydrogens (tertiary/aromatic N) is 2. The molecule has 0 unspecified atom stereocenters. The van der Waals surface area contributed by atoms with E-state index in [0.29, 0.717) is 11.6 Å². The van der Waals surface area contributed by atoms with Crippen LogP contribution in [0.2, 0.25) is 0 Å². The van der Waals surface area contributed by atoms with Gasteiger partial charge in [-0.1, -0.05) is 74.5 Å². The number of rotatable bonds is 3. The fourth-order valence-corrected chi connectivity index (χ4v) is 3.59. The van der Waals surface area contributed by atoms with Crippen LogP contribution in [0.4, 0.5) is 5.69 Å². The van der Waals surface area contributed by atoms with Crippen molar-refractivity contribution < 1.29 is 0 Å².